The lowest BCUT2D eigenvalue weighted by atomic mass is 9.96. The molecule has 0 aromatic carbocycles. The molecule has 2 heterocycles. The molecule has 0 unspecified atom stereocenters. The second-order valence-corrected chi connectivity index (χ2v) is 6.25. The van der Waals surface area contributed by atoms with E-state index in [0.29, 0.717) is 17.4 Å². The van der Waals surface area contributed by atoms with E-state index in [1.54, 1.807) is 0 Å². The summed E-state index contributed by atoms with van der Waals surface area (Å²) in [6.45, 7) is 2.23. The van der Waals surface area contributed by atoms with Gasteiger partial charge in [-0.3, -0.25) is 0 Å². The zero-order chi connectivity index (χ0) is 13.2. The molecule has 0 saturated carbocycles. The maximum absolute atomic E-state index is 13.8. The fraction of sp³-hybridized carbons (Fsp3) is 0.583. The SMILES string of the molecule is CSC1(CN)CCN(c2ncc(Cl)cc2F)CC1. The number of halogens is 2. The molecule has 100 valence electrons. The molecular formula is C12H17ClFN3S. The molecule has 0 amide bonds. The van der Waals surface area contributed by atoms with Crippen molar-refractivity contribution in [2.75, 3.05) is 30.8 Å². The van der Waals surface area contributed by atoms with Crippen LogP contribution in [0.25, 0.3) is 0 Å². The molecule has 2 rings (SSSR count). The predicted molar refractivity (Wildman–Crippen MR) is 76.0 cm³/mol. The molecule has 1 aliphatic rings. The quantitative estimate of drug-likeness (QED) is 0.928. The third-order valence-electron chi connectivity index (χ3n) is 3.57. The normalized spacial score (nSPS) is 19.0. The van der Waals surface area contributed by atoms with Crippen molar-refractivity contribution >= 4 is 29.2 Å². The second-order valence-electron chi connectivity index (χ2n) is 4.54. The Hall–Kier alpha value is -0.520. The molecule has 1 aromatic heterocycles. The smallest absolute Gasteiger partial charge is 0.167 e. The largest absolute Gasteiger partial charge is 0.354 e. The Morgan fingerprint density at radius 2 is 2.22 bits per heavy atom. The maximum Gasteiger partial charge on any atom is 0.167 e. The Morgan fingerprint density at radius 1 is 1.56 bits per heavy atom. The predicted octanol–water partition coefficient (Wildman–Crippen LogP) is 2.53. The van der Waals surface area contributed by atoms with E-state index < -0.39 is 0 Å². The lowest BCUT2D eigenvalue weighted by molar-refractivity contribution is 0.450. The summed E-state index contributed by atoms with van der Waals surface area (Å²) in [6.07, 6.45) is 5.48. The van der Waals surface area contributed by atoms with Crippen molar-refractivity contribution in [1.82, 2.24) is 4.98 Å². The van der Waals surface area contributed by atoms with Gasteiger partial charge in [-0.15, -0.1) is 0 Å². The average molecular weight is 290 g/mol. The number of nitrogens with two attached hydrogens (primary N) is 1. The molecule has 1 fully saturated rings. The number of pyridine rings is 1. The number of nitrogens with zero attached hydrogens (tertiary/aromatic N) is 2. The van der Waals surface area contributed by atoms with Crippen molar-refractivity contribution in [3.63, 3.8) is 0 Å². The summed E-state index contributed by atoms with van der Waals surface area (Å²) in [5, 5.41) is 0.327. The number of rotatable bonds is 3. The molecular weight excluding hydrogens is 273 g/mol. The molecule has 2 N–H and O–H groups in total. The molecule has 6 heteroatoms. The molecule has 0 aliphatic carbocycles. The van der Waals surface area contributed by atoms with Crippen LogP contribution in [0.4, 0.5) is 10.2 Å². The standard InChI is InChI=1S/C12H17ClFN3S/c1-18-12(8-15)2-4-17(5-3-12)11-10(14)6-9(13)7-16-11/h6-7H,2-5,8,15H2,1H3. The Bertz CT molecular complexity index is 416. The van der Waals surface area contributed by atoms with Crippen LogP contribution in [0.5, 0.6) is 0 Å². The molecule has 1 aromatic rings. The minimum Gasteiger partial charge on any atom is -0.354 e. The van der Waals surface area contributed by atoms with Gasteiger partial charge in [0.05, 0.1) is 5.02 Å². The van der Waals surface area contributed by atoms with Crippen molar-refractivity contribution in [2.45, 2.75) is 17.6 Å². The van der Waals surface area contributed by atoms with Gasteiger partial charge in [0, 0.05) is 30.6 Å². The Labute approximate surface area is 116 Å². The fourth-order valence-electron chi connectivity index (χ4n) is 2.26. The van der Waals surface area contributed by atoms with Gasteiger partial charge in [0.25, 0.3) is 0 Å². The first-order chi connectivity index (χ1) is 8.60. The van der Waals surface area contributed by atoms with Crippen molar-refractivity contribution in [2.24, 2.45) is 5.73 Å². The van der Waals surface area contributed by atoms with Crippen LogP contribution in [0.2, 0.25) is 5.02 Å². The van der Waals surface area contributed by atoms with Crippen LogP contribution in [0.3, 0.4) is 0 Å². The summed E-state index contributed by atoms with van der Waals surface area (Å²) in [5.74, 6) is 0.0398. The van der Waals surface area contributed by atoms with Crippen LogP contribution < -0.4 is 10.6 Å². The summed E-state index contributed by atoms with van der Waals surface area (Å²) in [7, 11) is 0. The molecule has 0 spiro atoms. The Morgan fingerprint density at radius 3 is 2.72 bits per heavy atom. The van der Waals surface area contributed by atoms with E-state index in [1.165, 1.54) is 12.3 Å². The highest BCUT2D eigenvalue weighted by Crippen LogP contribution is 2.35. The highest BCUT2D eigenvalue weighted by Gasteiger charge is 2.33. The lowest BCUT2D eigenvalue weighted by Gasteiger charge is -2.40. The van der Waals surface area contributed by atoms with E-state index in [4.69, 9.17) is 17.3 Å². The molecule has 18 heavy (non-hydrogen) atoms. The molecule has 1 aliphatic heterocycles. The van der Waals surface area contributed by atoms with Gasteiger partial charge in [0.1, 0.15) is 0 Å². The number of hydrogen-bond donors (Lipinski definition) is 1. The van der Waals surface area contributed by atoms with E-state index in [-0.39, 0.29) is 10.6 Å². The minimum atomic E-state index is -0.355. The van der Waals surface area contributed by atoms with Crippen molar-refractivity contribution < 1.29 is 4.39 Å². The van der Waals surface area contributed by atoms with Crippen LogP contribution in [-0.4, -0.2) is 35.6 Å². The van der Waals surface area contributed by atoms with Gasteiger partial charge in [0.2, 0.25) is 0 Å². The van der Waals surface area contributed by atoms with Crippen LogP contribution in [0.1, 0.15) is 12.8 Å². The van der Waals surface area contributed by atoms with Gasteiger partial charge in [-0.25, -0.2) is 9.37 Å². The Kier molecular flexibility index (Phi) is 4.35. The molecule has 0 bridgehead atoms. The maximum atomic E-state index is 13.8. The average Bonchev–Trinajstić information content (AvgIpc) is 2.39. The molecule has 0 radical (unpaired) electrons. The van der Waals surface area contributed by atoms with E-state index in [9.17, 15) is 4.39 Å². The van der Waals surface area contributed by atoms with Gasteiger partial charge in [-0.1, -0.05) is 11.6 Å². The number of anilines is 1. The first-order valence-electron chi connectivity index (χ1n) is 5.91. The number of thioether (sulfide) groups is 1. The summed E-state index contributed by atoms with van der Waals surface area (Å²) in [5.41, 5.74) is 5.84. The van der Waals surface area contributed by atoms with Crippen molar-refractivity contribution in [3.8, 4) is 0 Å². The molecule has 1 saturated heterocycles. The van der Waals surface area contributed by atoms with E-state index in [2.05, 4.69) is 11.2 Å². The number of hydrogen-bond acceptors (Lipinski definition) is 4. The van der Waals surface area contributed by atoms with Gasteiger partial charge in [0.15, 0.2) is 11.6 Å². The zero-order valence-corrected chi connectivity index (χ0v) is 11.9. The topological polar surface area (TPSA) is 42.1 Å². The number of aromatic nitrogens is 1. The van der Waals surface area contributed by atoms with Crippen molar-refractivity contribution in [1.29, 1.82) is 0 Å². The third-order valence-corrected chi connectivity index (χ3v) is 5.22. The Balaban J connectivity index is 2.10. The summed E-state index contributed by atoms with van der Waals surface area (Å²) in [6, 6.07) is 1.31. The molecule has 0 atom stereocenters. The summed E-state index contributed by atoms with van der Waals surface area (Å²) in [4.78, 5) is 6.05. The van der Waals surface area contributed by atoms with Crippen molar-refractivity contribution in [3.05, 3.63) is 23.1 Å². The van der Waals surface area contributed by atoms with Crippen LogP contribution in [0, 0.1) is 5.82 Å². The highest BCUT2D eigenvalue weighted by molar-refractivity contribution is 8.00. The first kappa shape index (κ1) is 13.9. The van der Waals surface area contributed by atoms with Crippen LogP contribution in [-0.2, 0) is 0 Å². The highest BCUT2D eigenvalue weighted by atomic mass is 35.5. The van der Waals surface area contributed by atoms with E-state index in [0.717, 1.165) is 25.9 Å². The lowest BCUT2D eigenvalue weighted by Crippen LogP contribution is -2.47. The minimum absolute atomic E-state index is 0.138. The van der Waals surface area contributed by atoms with Gasteiger partial charge in [-0.05, 0) is 25.2 Å². The first-order valence-corrected chi connectivity index (χ1v) is 7.52. The van der Waals surface area contributed by atoms with Crippen LogP contribution in [0.15, 0.2) is 12.3 Å². The van der Waals surface area contributed by atoms with E-state index in [1.807, 2.05) is 16.7 Å². The monoisotopic (exact) mass is 289 g/mol. The van der Waals surface area contributed by atoms with E-state index >= 15 is 0 Å². The zero-order valence-electron chi connectivity index (χ0n) is 10.3. The van der Waals surface area contributed by atoms with Gasteiger partial charge >= 0.3 is 0 Å². The molecule has 3 nitrogen and oxygen atoms in total. The third kappa shape index (κ3) is 2.73. The fourth-order valence-corrected chi connectivity index (χ4v) is 3.16. The van der Waals surface area contributed by atoms with Gasteiger partial charge < -0.3 is 10.6 Å². The second kappa shape index (κ2) is 5.63. The van der Waals surface area contributed by atoms with Crippen LogP contribution >= 0.6 is 23.4 Å². The number of piperidine rings is 1. The van der Waals surface area contributed by atoms with Gasteiger partial charge in [-0.2, -0.15) is 11.8 Å². The summed E-state index contributed by atoms with van der Waals surface area (Å²) >= 11 is 7.52. The summed E-state index contributed by atoms with van der Waals surface area (Å²) < 4.78 is 13.9.